The monoisotopic (exact) mass is 319 g/mol. The Morgan fingerprint density at radius 2 is 1.91 bits per heavy atom. The number of esters is 1. The molecule has 0 fully saturated rings. The fourth-order valence-corrected chi connectivity index (χ4v) is 1.90. The number of urea groups is 1. The fourth-order valence-electron chi connectivity index (χ4n) is 1.74. The largest absolute Gasteiger partial charge is 0.469 e. The number of pyridine rings is 1. The van der Waals surface area contributed by atoms with Crippen LogP contribution in [0.15, 0.2) is 42.7 Å². The van der Waals surface area contributed by atoms with Crippen LogP contribution < -0.4 is 10.6 Å². The molecule has 0 unspecified atom stereocenters. The second kappa shape index (κ2) is 7.42. The number of anilines is 2. The van der Waals surface area contributed by atoms with E-state index in [0.717, 1.165) is 0 Å². The summed E-state index contributed by atoms with van der Waals surface area (Å²) in [6, 6.07) is 7.82. The Bertz CT molecular complexity index is 677. The number of carbonyl (C=O) groups excluding carboxylic acids is 2. The van der Waals surface area contributed by atoms with Gasteiger partial charge in [-0.05, 0) is 29.8 Å². The summed E-state index contributed by atoms with van der Waals surface area (Å²) in [4.78, 5) is 27.1. The molecule has 0 aliphatic heterocycles. The first kappa shape index (κ1) is 15.8. The SMILES string of the molecule is COC(=O)Cc1ccc(Cl)c(NC(=O)Nc2ccncc2)c1. The normalized spacial score (nSPS) is 9.91. The number of nitrogens with zero attached hydrogens (tertiary/aromatic N) is 1. The van der Waals surface area contributed by atoms with Gasteiger partial charge in [0.15, 0.2) is 0 Å². The molecule has 0 spiro atoms. The van der Waals surface area contributed by atoms with E-state index in [4.69, 9.17) is 11.6 Å². The van der Waals surface area contributed by atoms with Crippen LogP contribution in [0.5, 0.6) is 0 Å². The minimum absolute atomic E-state index is 0.105. The highest BCUT2D eigenvalue weighted by Crippen LogP contribution is 2.23. The zero-order chi connectivity index (χ0) is 15.9. The second-order valence-corrected chi connectivity index (χ2v) is 4.79. The van der Waals surface area contributed by atoms with Gasteiger partial charge in [-0.25, -0.2) is 4.79 Å². The summed E-state index contributed by atoms with van der Waals surface area (Å²) in [5.74, 6) is -0.366. The van der Waals surface area contributed by atoms with Crippen LogP contribution in [0.2, 0.25) is 5.02 Å². The van der Waals surface area contributed by atoms with E-state index in [1.807, 2.05) is 0 Å². The van der Waals surface area contributed by atoms with Crippen molar-refractivity contribution in [2.75, 3.05) is 17.7 Å². The summed E-state index contributed by atoms with van der Waals surface area (Å²) in [7, 11) is 1.32. The van der Waals surface area contributed by atoms with Gasteiger partial charge in [-0.1, -0.05) is 17.7 Å². The molecule has 2 aromatic rings. The number of hydrogen-bond acceptors (Lipinski definition) is 4. The van der Waals surface area contributed by atoms with E-state index in [-0.39, 0.29) is 12.4 Å². The van der Waals surface area contributed by atoms with Crippen LogP contribution in [0.4, 0.5) is 16.2 Å². The number of hydrogen-bond donors (Lipinski definition) is 2. The summed E-state index contributed by atoms with van der Waals surface area (Å²) in [5, 5.41) is 5.66. The number of carbonyl (C=O) groups is 2. The molecule has 0 atom stereocenters. The molecule has 2 N–H and O–H groups in total. The summed E-state index contributed by atoms with van der Waals surface area (Å²) in [6.07, 6.45) is 3.24. The predicted octanol–water partition coefficient (Wildman–Crippen LogP) is 3.09. The molecule has 2 rings (SSSR count). The van der Waals surface area contributed by atoms with Crippen molar-refractivity contribution in [3.8, 4) is 0 Å². The average molecular weight is 320 g/mol. The van der Waals surface area contributed by atoms with Gasteiger partial charge in [-0.15, -0.1) is 0 Å². The number of aromatic nitrogens is 1. The highest BCUT2D eigenvalue weighted by atomic mass is 35.5. The van der Waals surface area contributed by atoms with E-state index in [0.29, 0.717) is 22.0 Å². The van der Waals surface area contributed by atoms with Crippen LogP contribution in [0.25, 0.3) is 0 Å². The molecule has 22 heavy (non-hydrogen) atoms. The lowest BCUT2D eigenvalue weighted by Gasteiger charge is -2.10. The van der Waals surface area contributed by atoms with E-state index >= 15 is 0 Å². The Morgan fingerprint density at radius 3 is 2.59 bits per heavy atom. The Kier molecular flexibility index (Phi) is 5.32. The molecule has 1 heterocycles. The number of methoxy groups -OCH3 is 1. The zero-order valence-corrected chi connectivity index (χ0v) is 12.6. The van der Waals surface area contributed by atoms with Crippen molar-refractivity contribution in [1.82, 2.24) is 4.98 Å². The van der Waals surface area contributed by atoms with Crippen LogP contribution >= 0.6 is 11.6 Å². The number of halogens is 1. The lowest BCUT2D eigenvalue weighted by atomic mass is 10.1. The predicted molar refractivity (Wildman–Crippen MR) is 84.1 cm³/mol. The van der Waals surface area contributed by atoms with Crippen molar-refractivity contribution in [1.29, 1.82) is 0 Å². The van der Waals surface area contributed by atoms with Crippen molar-refractivity contribution < 1.29 is 14.3 Å². The Morgan fingerprint density at radius 1 is 1.18 bits per heavy atom. The van der Waals surface area contributed by atoms with Gasteiger partial charge in [-0.3, -0.25) is 9.78 Å². The summed E-state index contributed by atoms with van der Waals surface area (Å²) < 4.78 is 4.61. The van der Waals surface area contributed by atoms with Crippen molar-refractivity contribution in [2.45, 2.75) is 6.42 Å². The lowest BCUT2D eigenvalue weighted by Crippen LogP contribution is -2.19. The molecule has 6 nitrogen and oxygen atoms in total. The lowest BCUT2D eigenvalue weighted by molar-refractivity contribution is -0.139. The molecule has 0 aliphatic carbocycles. The minimum Gasteiger partial charge on any atom is -0.469 e. The summed E-state index contributed by atoms with van der Waals surface area (Å²) in [6.45, 7) is 0. The molecule has 0 radical (unpaired) electrons. The molecule has 114 valence electrons. The standard InChI is InChI=1S/C15H14ClN3O3/c1-22-14(20)9-10-2-3-12(16)13(8-10)19-15(21)18-11-4-6-17-7-5-11/h2-8H,9H2,1H3,(H2,17,18,19,21). The van der Waals surface area contributed by atoms with Crippen LogP contribution in [-0.4, -0.2) is 24.1 Å². The number of rotatable bonds is 4. The maximum Gasteiger partial charge on any atom is 0.323 e. The number of benzene rings is 1. The zero-order valence-electron chi connectivity index (χ0n) is 11.8. The van der Waals surface area contributed by atoms with E-state index in [1.165, 1.54) is 7.11 Å². The number of nitrogens with one attached hydrogen (secondary N) is 2. The molecule has 0 aliphatic rings. The van der Waals surface area contributed by atoms with Gasteiger partial charge in [-0.2, -0.15) is 0 Å². The minimum atomic E-state index is -0.441. The third-order valence-corrected chi connectivity index (χ3v) is 3.12. The van der Waals surface area contributed by atoms with Gasteiger partial charge >= 0.3 is 12.0 Å². The Labute approximate surface area is 132 Å². The van der Waals surface area contributed by atoms with Crippen LogP contribution in [0, 0.1) is 0 Å². The number of ether oxygens (including phenoxy) is 1. The first-order chi connectivity index (χ1) is 10.6. The van der Waals surface area contributed by atoms with Crippen LogP contribution in [0.1, 0.15) is 5.56 Å². The highest BCUT2D eigenvalue weighted by Gasteiger charge is 2.09. The van der Waals surface area contributed by atoms with E-state index in [9.17, 15) is 9.59 Å². The molecule has 7 heteroatoms. The molecule has 1 aromatic carbocycles. The third kappa shape index (κ3) is 4.46. The molecule has 1 aromatic heterocycles. The molecular weight excluding hydrogens is 306 g/mol. The van der Waals surface area contributed by atoms with Crippen molar-refractivity contribution >= 4 is 35.0 Å². The smallest absolute Gasteiger partial charge is 0.323 e. The maximum atomic E-state index is 11.9. The Hall–Kier alpha value is -2.60. The topological polar surface area (TPSA) is 80.3 Å². The van der Waals surface area contributed by atoms with Gasteiger partial charge in [0, 0.05) is 18.1 Å². The van der Waals surface area contributed by atoms with Gasteiger partial charge < -0.3 is 15.4 Å². The molecule has 0 saturated carbocycles. The van der Waals surface area contributed by atoms with Crippen molar-refractivity contribution in [2.24, 2.45) is 0 Å². The molecular formula is C15H14ClN3O3. The van der Waals surface area contributed by atoms with Gasteiger partial charge in [0.2, 0.25) is 0 Å². The van der Waals surface area contributed by atoms with Gasteiger partial charge in [0.25, 0.3) is 0 Å². The fraction of sp³-hybridized carbons (Fsp3) is 0.133. The van der Waals surface area contributed by atoms with E-state index in [1.54, 1.807) is 42.7 Å². The van der Waals surface area contributed by atoms with E-state index < -0.39 is 6.03 Å². The summed E-state index contributed by atoms with van der Waals surface area (Å²) in [5.41, 5.74) is 1.71. The van der Waals surface area contributed by atoms with Crippen LogP contribution in [-0.2, 0) is 16.0 Å². The average Bonchev–Trinajstić information content (AvgIpc) is 2.51. The van der Waals surface area contributed by atoms with Crippen LogP contribution in [0.3, 0.4) is 0 Å². The Balaban J connectivity index is 2.06. The first-order valence-corrected chi connectivity index (χ1v) is 6.79. The van der Waals surface area contributed by atoms with Gasteiger partial charge in [0.05, 0.1) is 24.2 Å². The quantitative estimate of drug-likeness (QED) is 0.849. The van der Waals surface area contributed by atoms with Gasteiger partial charge in [0.1, 0.15) is 0 Å². The molecule has 0 saturated heterocycles. The van der Waals surface area contributed by atoms with E-state index in [2.05, 4.69) is 20.4 Å². The van der Waals surface area contributed by atoms with Crippen molar-refractivity contribution in [3.05, 3.63) is 53.3 Å². The molecule has 2 amide bonds. The maximum absolute atomic E-state index is 11.9. The summed E-state index contributed by atoms with van der Waals surface area (Å²) >= 11 is 6.05. The molecule has 0 bridgehead atoms. The first-order valence-electron chi connectivity index (χ1n) is 6.42. The number of amides is 2. The highest BCUT2D eigenvalue weighted by molar-refractivity contribution is 6.33. The van der Waals surface area contributed by atoms with Crippen molar-refractivity contribution in [3.63, 3.8) is 0 Å². The second-order valence-electron chi connectivity index (χ2n) is 4.38. The third-order valence-electron chi connectivity index (χ3n) is 2.79.